The summed E-state index contributed by atoms with van der Waals surface area (Å²) in [6.45, 7) is 8.05. The fraction of sp³-hybridized carbons (Fsp3) is 0.688. The van der Waals surface area contributed by atoms with Crippen LogP contribution in [0.2, 0.25) is 0 Å². The minimum absolute atomic E-state index is 0.115. The Morgan fingerprint density at radius 2 is 2.05 bits per heavy atom. The second-order valence-corrected chi connectivity index (χ2v) is 6.05. The molecule has 5 heteroatoms. The molecule has 0 radical (unpaired) electrons. The van der Waals surface area contributed by atoms with Crippen LogP contribution in [0.25, 0.3) is 0 Å². The van der Waals surface area contributed by atoms with E-state index in [1.165, 1.54) is 18.9 Å². The quantitative estimate of drug-likeness (QED) is 0.899. The van der Waals surface area contributed by atoms with Crippen molar-refractivity contribution in [2.45, 2.75) is 39.8 Å². The summed E-state index contributed by atoms with van der Waals surface area (Å²) < 4.78 is 7.13. The highest BCUT2D eigenvalue weighted by Gasteiger charge is 2.20. The summed E-state index contributed by atoms with van der Waals surface area (Å²) in [6, 6.07) is 1.49. The van der Waals surface area contributed by atoms with Gasteiger partial charge in [-0.25, -0.2) is 0 Å². The summed E-state index contributed by atoms with van der Waals surface area (Å²) in [5.74, 6) is 0.651. The van der Waals surface area contributed by atoms with Crippen LogP contribution in [0.4, 0.5) is 0 Å². The number of likely N-dealkylation sites (tertiary alicyclic amines) is 1. The van der Waals surface area contributed by atoms with Crippen molar-refractivity contribution in [2.24, 2.45) is 5.92 Å². The highest BCUT2D eigenvalue weighted by Crippen LogP contribution is 2.21. The number of aryl methyl sites for hydroxylation is 1. The second-order valence-electron chi connectivity index (χ2n) is 6.05. The molecule has 0 saturated carbocycles. The normalized spacial score (nSPS) is 17.3. The van der Waals surface area contributed by atoms with E-state index in [2.05, 4.69) is 11.8 Å². The van der Waals surface area contributed by atoms with Crippen LogP contribution in [-0.4, -0.2) is 41.4 Å². The van der Waals surface area contributed by atoms with Crippen LogP contribution in [0.5, 0.6) is 5.75 Å². The average molecular weight is 294 g/mol. The summed E-state index contributed by atoms with van der Waals surface area (Å²) in [4.78, 5) is 14.2. The van der Waals surface area contributed by atoms with Gasteiger partial charge < -0.3 is 14.4 Å². The topological polar surface area (TPSA) is 54.7 Å². The Hall–Kier alpha value is -1.33. The number of hydrogen-bond donors (Lipinski definition) is 1. The molecule has 0 unspecified atom stereocenters. The smallest absolute Gasteiger partial charge is 0.223 e. The number of aromatic nitrogens is 1. The van der Waals surface area contributed by atoms with Crippen molar-refractivity contribution in [1.82, 2.24) is 9.47 Å². The zero-order valence-corrected chi connectivity index (χ0v) is 13.3. The van der Waals surface area contributed by atoms with Gasteiger partial charge in [-0.05, 0) is 38.8 Å². The largest absolute Gasteiger partial charge is 0.503 e. The van der Waals surface area contributed by atoms with Crippen molar-refractivity contribution in [3.63, 3.8) is 0 Å². The number of methoxy groups -OCH3 is 1. The third-order valence-electron chi connectivity index (χ3n) is 4.37. The van der Waals surface area contributed by atoms with Crippen LogP contribution >= 0.6 is 0 Å². The number of piperidine rings is 1. The van der Waals surface area contributed by atoms with Gasteiger partial charge in [0.05, 0.1) is 12.3 Å². The Morgan fingerprint density at radius 3 is 2.67 bits per heavy atom. The fourth-order valence-corrected chi connectivity index (χ4v) is 2.91. The van der Waals surface area contributed by atoms with Crippen LogP contribution in [0.3, 0.4) is 0 Å². The molecule has 2 heterocycles. The minimum Gasteiger partial charge on any atom is -0.503 e. The molecule has 118 valence electrons. The van der Waals surface area contributed by atoms with E-state index >= 15 is 0 Å². The zero-order chi connectivity index (χ0) is 15.4. The molecule has 0 bridgehead atoms. The number of hydrogen-bond acceptors (Lipinski definition) is 4. The van der Waals surface area contributed by atoms with E-state index in [1.54, 1.807) is 7.11 Å². The summed E-state index contributed by atoms with van der Waals surface area (Å²) >= 11 is 0. The third kappa shape index (κ3) is 3.86. The van der Waals surface area contributed by atoms with Crippen molar-refractivity contribution in [3.05, 3.63) is 27.7 Å². The van der Waals surface area contributed by atoms with Gasteiger partial charge in [0, 0.05) is 32.0 Å². The first-order valence-electron chi connectivity index (χ1n) is 7.66. The summed E-state index contributed by atoms with van der Waals surface area (Å²) in [5, 5.41) is 10.2. The Balaban J connectivity index is 2.25. The van der Waals surface area contributed by atoms with Gasteiger partial charge in [-0.2, -0.15) is 0 Å². The number of rotatable bonds is 5. The van der Waals surface area contributed by atoms with Gasteiger partial charge in [0.25, 0.3) is 0 Å². The number of pyridine rings is 1. The van der Waals surface area contributed by atoms with Crippen LogP contribution in [0.1, 0.15) is 31.2 Å². The molecule has 1 saturated heterocycles. The first-order valence-corrected chi connectivity index (χ1v) is 7.66. The lowest BCUT2D eigenvalue weighted by Gasteiger charge is -2.31. The lowest BCUT2D eigenvalue weighted by molar-refractivity contribution is 0.168. The Bertz CT molecular complexity index is 531. The Morgan fingerprint density at radius 1 is 1.38 bits per heavy atom. The molecule has 0 atom stereocenters. The van der Waals surface area contributed by atoms with Gasteiger partial charge in [0.1, 0.15) is 0 Å². The van der Waals surface area contributed by atoms with E-state index in [9.17, 15) is 9.90 Å². The molecule has 0 aromatic carbocycles. The minimum atomic E-state index is -0.290. The molecular formula is C16H26N2O3. The van der Waals surface area contributed by atoms with Gasteiger partial charge in [-0.3, -0.25) is 9.69 Å². The van der Waals surface area contributed by atoms with Gasteiger partial charge in [0.2, 0.25) is 5.43 Å². The van der Waals surface area contributed by atoms with E-state index in [0.29, 0.717) is 25.4 Å². The van der Waals surface area contributed by atoms with Crippen LogP contribution in [-0.2, 0) is 17.8 Å². The van der Waals surface area contributed by atoms with Crippen LogP contribution in [0, 0.1) is 12.8 Å². The predicted molar refractivity (Wildman–Crippen MR) is 82.7 cm³/mol. The monoisotopic (exact) mass is 294 g/mol. The molecule has 1 N–H and O–H groups in total. The molecule has 1 aliphatic rings. The van der Waals surface area contributed by atoms with Crippen molar-refractivity contribution >= 4 is 0 Å². The van der Waals surface area contributed by atoms with Crippen LogP contribution in [0.15, 0.2) is 10.9 Å². The first-order chi connectivity index (χ1) is 10.0. The number of ether oxygens (including phenoxy) is 1. The van der Waals surface area contributed by atoms with Gasteiger partial charge >= 0.3 is 0 Å². The van der Waals surface area contributed by atoms with Gasteiger partial charge in [0.15, 0.2) is 5.75 Å². The van der Waals surface area contributed by atoms with E-state index in [0.717, 1.165) is 24.7 Å². The van der Waals surface area contributed by atoms with E-state index in [-0.39, 0.29) is 11.2 Å². The highest BCUT2D eigenvalue weighted by atomic mass is 16.5. The molecule has 1 aliphatic heterocycles. The lowest BCUT2D eigenvalue weighted by atomic mass is 9.99. The predicted octanol–water partition coefficient (Wildman–Crippen LogP) is 1.74. The fourth-order valence-electron chi connectivity index (χ4n) is 2.91. The van der Waals surface area contributed by atoms with E-state index < -0.39 is 0 Å². The standard InChI is InChI=1S/C16H26N2O3/c1-12-4-6-17(7-5-12)11-14-16(20)15(19)10-13(2)18(14)8-9-21-3/h10,12,20H,4-9,11H2,1-3H3. The molecule has 0 aliphatic carbocycles. The average Bonchev–Trinajstić information content (AvgIpc) is 2.46. The summed E-state index contributed by atoms with van der Waals surface area (Å²) in [5.41, 5.74) is 1.29. The van der Waals surface area contributed by atoms with Crippen molar-refractivity contribution in [1.29, 1.82) is 0 Å². The summed E-state index contributed by atoms with van der Waals surface area (Å²) in [7, 11) is 1.66. The molecule has 0 spiro atoms. The molecule has 1 aromatic heterocycles. The molecule has 21 heavy (non-hydrogen) atoms. The first kappa shape index (κ1) is 16.0. The highest BCUT2D eigenvalue weighted by molar-refractivity contribution is 5.29. The van der Waals surface area contributed by atoms with Crippen molar-refractivity contribution in [2.75, 3.05) is 26.8 Å². The third-order valence-corrected chi connectivity index (χ3v) is 4.37. The Kier molecular flexibility index (Phi) is 5.42. The number of nitrogens with zero attached hydrogens (tertiary/aromatic N) is 2. The second kappa shape index (κ2) is 7.09. The maximum Gasteiger partial charge on any atom is 0.223 e. The van der Waals surface area contributed by atoms with E-state index in [4.69, 9.17) is 4.74 Å². The maximum absolute atomic E-state index is 11.9. The van der Waals surface area contributed by atoms with Gasteiger partial charge in [-0.15, -0.1) is 0 Å². The van der Waals surface area contributed by atoms with E-state index in [1.807, 2.05) is 11.5 Å². The zero-order valence-electron chi connectivity index (χ0n) is 13.3. The molecule has 0 amide bonds. The maximum atomic E-state index is 11.9. The molecule has 2 rings (SSSR count). The van der Waals surface area contributed by atoms with Crippen LogP contribution < -0.4 is 5.43 Å². The summed E-state index contributed by atoms with van der Waals surface area (Å²) in [6.07, 6.45) is 2.35. The Labute approximate surface area is 126 Å². The van der Waals surface area contributed by atoms with Gasteiger partial charge in [-0.1, -0.05) is 6.92 Å². The van der Waals surface area contributed by atoms with Crippen molar-refractivity contribution < 1.29 is 9.84 Å². The van der Waals surface area contributed by atoms with Crippen molar-refractivity contribution in [3.8, 4) is 5.75 Å². The lowest BCUT2D eigenvalue weighted by Crippen LogP contribution is -2.34. The molecule has 1 aromatic rings. The molecule has 5 nitrogen and oxygen atoms in total. The SMILES string of the molecule is COCCn1c(C)cc(=O)c(O)c1CN1CCC(C)CC1. The molecule has 1 fully saturated rings. The molecular weight excluding hydrogens is 268 g/mol. The number of aromatic hydroxyl groups is 1.